The fraction of sp³-hybridized carbons (Fsp3) is 0.368. The van der Waals surface area contributed by atoms with E-state index in [2.05, 4.69) is 60.8 Å². The van der Waals surface area contributed by atoms with Crippen LogP contribution in [0.15, 0.2) is 60.7 Å². The molecule has 1 aliphatic rings. The molecule has 2 N–H and O–H groups in total. The van der Waals surface area contributed by atoms with Gasteiger partial charge in [0.15, 0.2) is 0 Å². The molecule has 0 unspecified atom stereocenters. The molecule has 110 valence electrons. The lowest BCUT2D eigenvalue weighted by Crippen LogP contribution is -2.44. The van der Waals surface area contributed by atoms with Gasteiger partial charge in [0.1, 0.15) is 0 Å². The molecule has 0 saturated carbocycles. The van der Waals surface area contributed by atoms with Crippen molar-refractivity contribution in [2.75, 3.05) is 0 Å². The number of benzene rings is 2. The van der Waals surface area contributed by atoms with E-state index >= 15 is 0 Å². The molecule has 1 heterocycles. The summed E-state index contributed by atoms with van der Waals surface area (Å²) in [5.74, 6) is 0.271. The Labute approximate surface area is 126 Å². The number of aliphatic hydroxyl groups excluding tert-OH is 1. The Morgan fingerprint density at radius 1 is 0.952 bits per heavy atom. The summed E-state index contributed by atoms with van der Waals surface area (Å²) < 4.78 is 0. The Balaban J connectivity index is 1.89. The summed E-state index contributed by atoms with van der Waals surface area (Å²) in [4.78, 5) is 0. The molecule has 2 nitrogen and oxygen atoms in total. The van der Waals surface area contributed by atoms with Crippen molar-refractivity contribution in [2.24, 2.45) is 5.92 Å². The Kier molecular flexibility index (Phi) is 4.37. The third kappa shape index (κ3) is 3.02. The molecule has 2 heteroatoms. The number of hydrogen-bond donors (Lipinski definition) is 2. The number of rotatable bonds is 3. The average molecular weight is 281 g/mol. The van der Waals surface area contributed by atoms with E-state index in [4.69, 9.17) is 0 Å². The van der Waals surface area contributed by atoms with Crippen LogP contribution in [0, 0.1) is 5.92 Å². The summed E-state index contributed by atoms with van der Waals surface area (Å²) in [7, 11) is 0. The minimum absolute atomic E-state index is 0.213. The summed E-state index contributed by atoms with van der Waals surface area (Å²) >= 11 is 0. The molecule has 0 radical (unpaired) electrons. The molecule has 0 aliphatic carbocycles. The first-order chi connectivity index (χ1) is 10.3. The van der Waals surface area contributed by atoms with E-state index in [0.29, 0.717) is 0 Å². The third-order valence-corrected chi connectivity index (χ3v) is 4.61. The van der Waals surface area contributed by atoms with Crippen molar-refractivity contribution in [3.63, 3.8) is 0 Å². The normalized spacial score (nSPS) is 29.2. The SMILES string of the molecule is CC[C@@H]1[C@@H](c2ccccc2)N[C@@H](c2ccccc2)C[C@@H]1O. The van der Waals surface area contributed by atoms with Crippen molar-refractivity contribution >= 4 is 0 Å². The lowest BCUT2D eigenvalue weighted by molar-refractivity contribution is 0.0290. The van der Waals surface area contributed by atoms with Crippen molar-refractivity contribution in [3.8, 4) is 0 Å². The molecule has 0 spiro atoms. The highest BCUT2D eigenvalue weighted by atomic mass is 16.3. The topological polar surface area (TPSA) is 32.3 Å². The average Bonchev–Trinajstić information content (AvgIpc) is 2.55. The second-order valence-electron chi connectivity index (χ2n) is 5.89. The van der Waals surface area contributed by atoms with Crippen molar-refractivity contribution in [1.82, 2.24) is 5.32 Å². The van der Waals surface area contributed by atoms with Crippen LogP contribution in [0.3, 0.4) is 0 Å². The summed E-state index contributed by atoms with van der Waals surface area (Å²) in [5.41, 5.74) is 2.52. The van der Waals surface area contributed by atoms with Crippen molar-refractivity contribution in [2.45, 2.75) is 38.0 Å². The first-order valence-electron chi connectivity index (χ1n) is 7.83. The zero-order chi connectivity index (χ0) is 14.7. The van der Waals surface area contributed by atoms with Crippen LogP contribution < -0.4 is 5.32 Å². The number of nitrogens with one attached hydrogen (secondary N) is 1. The lowest BCUT2D eigenvalue weighted by atomic mass is 9.78. The van der Waals surface area contributed by atoms with Crippen molar-refractivity contribution < 1.29 is 5.11 Å². The van der Waals surface area contributed by atoms with E-state index < -0.39 is 0 Å². The van der Waals surface area contributed by atoms with Gasteiger partial charge in [0, 0.05) is 18.0 Å². The van der Waals surface area contributed by atoms with Gasteiger partial charge < -0.3 is 10.4 Å². The minimum Gasteiger partial charge on any atom is -0.393 e. The molecule has 21 heavy (non-hydrogen) atoms. The van der Waals surface area contributed by atoms with Gasteiger partial charge in [-0.15, -0.1) is 0 Å². The van der Waals surface area contributed by atoms with Gasteiger partial charge in [0.25, 0.3) is 0 Å². The second-order valence-corrected chi connectivity index (χ2v) is 5.89. The van der Waals surface area contributed by atoms with E-state index in [1.54, 1.807) is 0 Å². The van der Waals surface area contributed by atoms with Gasteiger partial charge in [0.2, 0.25) is 0 Å². The maximum atomic E-state index is 10.6. The molecule has 0 bridgehead atoms. The van der Waals surface area contributed by atoms with Crippen LogP contribution in [0.2, 0.25) is 0 Å². The fourth-order valence-electron chi connectivity index (χ4n) is 3.48. The summed E-state index contributed by atoms with van der Waals surface area (Å²) in [6, 6.07) is 21.4. The Bertz CT molecular complexity index is 554. The molecule has 2 aromatic rings. The van der Waals surface area contributed by atoms with Crippen LogP contribution in [0.4, 0.5) is 0 Å². The highest BCUT2D eigenvalue weighted by molar-refractivity contribution is 5.25. The first-order valence-corrected chi connectivity index (χ1v) is 7.83. The standard InChI is InChI=1S/C19H23NO/c1-2-16-18(21)13-17(14-9-5-3-6-10-14)20-19(16)15-11-7-4-8-12-15/h3-12,16-21H,2,13H2,1H3/t16-,17+,18-,19+/m0/s1. The molecule has 1 fully saturated rings. The quantitative estimate of drug-likeness (QED) is 0.895. The third-order valence-electron chi connectivity index (χ3n) is 4.61. The molecule has 0 aromatic heterocycles. The number of piperidine rings is 1. The van der Waals surface area contributed by atoms with E-state index in [1.165, 1.54) is 11.1 Å². The highest BCUT2D eigenvalue weighted by Crippen LogP contribution is 2.38. The van der Waals surface area contributed by atoms with Crippen LogP contribution in [-0.4, -0.2) is 11.2 Å². The van der Waals surface area contributed by atoms with Gasteiger partial charge in [-0.3, -0.25) is 0 Å². The zero-order valence-corrected chi connectivity index (χ0v) is 12.4. The van der Waals surface area contributed by atoms with Crippen molar-refractivity contribution in [3.05, 3.63) is 71.8 Å². The summed E-state index contributed by atoms with van der Waals surface area (Å²) in [6.45, 7) is 2.16. The van der Waals surface area contributed by atoms with Crippen LogP contribution in [-0.2, 0) is 0 Å². The monoisotopic (exact) mass is 281 g/mol. The molecule has 0 amide bonds. The van der Waals surface area contributed by atoms with Gasteiger partial charge in [-0.2, -0.15) is 0 Å². The van der Waals surface area contributed by atoms with Crippen molar-refractivity contribution in [1.29, 1.82) is 0 Å². The smallest absolute Gasteiger partial charge is 0.0604 e. The Morgan fingerprint density at radius 3 is 2.10 bits per heavy atom. The Morgan fingerprint density at radius 2 is 1.52 bits per heavy atom. The number of aliphatic hydroxyl groups is 1. The second kappa shape index (κ2) is 6.42. The molecule has 1 aliphatic heterocycles. The lowest BCUT2D eigenvalue weighted by Gasteiger charge is -2.41. The van der Waals surface area contributed by atoms with E-state index in [9.17, 15) is 5.11 Å². The van der Waals surface area contributed by atoms with Gasteiger partial charge in [-0.1, -0.05) is 67.6 Å². The maximum absolute atomic E-state index is 10.6. The van der Waals surface area contributed by atoms with Gasteiger partial charge in [-0.25, -0.2) is 0 Å². The van der Waals surface area contributed by atoms with E-state index in [-0.39, 0.29) is 24.1 Å². The summed E-state index contributed by atoms with van der Waals surface area (Å²) in [6.07, 6.45) is 1.51. The highest BCUT2D eigenvalue weighted by Gasteiger charge is 2.36. The molecular formula is C19H23NO. The van der Waals surface area contributed by atoms with Gasteiger partial charge >= 0.3 is 0 Å². The zero-order valence-electron chi connectivity index (χ0n) is 12.4. The predicted octanol–water partition coefficient (Wildman–Crippen LogP) is 3.85. The fourth-order valence-corrected chi connectivity index (χ4v) is 3.48. The van der Waals surface area contributed by atoms with Crippen LogP contribution in [0.25, 0.3) is 0 Å². The minimum atomic E-state index is -0.258. The number of hydrogen-bond acceptors (Lipinski definition) is 2. The molecule has 2 aromatic carbocycles. The van der Waals surface area contributed by atoms with Crippen LogP contribution in [0.1, 0.15) is 43.0 Å². The molecule has 1 saturated heterocycles. The first kappa shape index (κ1) is 14.3. The Hall–Kier alpha value is -1.64. The van der Waals surface area contributed by atoms with Gasteiger partial charge in [0.05, 0.1) is 6.10 Å². The molecule has 3 rings (SSSR count). The van der Waals surface area contributed by atoms with Crippen LogP contribution >= 0.6 is 0 Å². The predicted molar refractivity (Wildman–Crippen MR) is 85.9 cm³/mol. The largest absolute Gasteiger partial charge is 0.393 e. The van der Waals surface area contributed by atoms with Gasteiger partial charge in [-0.05, 0) is 24.0 Å². The molecule has 4 atom stereocenters. The van der Waals surface area contributed by atoms with E-state index in [1.807, 2.05) is 12.1 Å². The summed E-state index contributed by atoms with van der Waals surface area (Å²) in [5, 5.41) is 14.3. The molecular weight excluding hydrogens is 258 g/mol. The van der Waals surface area contributed by atoms with E-state index in [0.717, 1.165) is 12.8 Å². The maximum Gasteiger partial charge on any atom is 0.0604 e. The van der Waals surface area contributed by atoms with Crippen LogP contribution in [0.5, 0.6) is 0 Å².